The van der Waals surface area contributed by atoms with Crippen LogP contribution in [0.15, 0.2) is 42.5 Å². The van der Waals surface area contributed by atoms with E-state index in [2.05, 4.69) is 5.32 Å². The summed E-state index contributed by atoms with van der Waals surface area (Å²) in [6, 6.07) is 11.4. The Morgan fingerprint density at radius 1 is 0.900 bits per heavy atom. The molecule has 5 nitrogen and oxygen atoms in total. The fourth-order valence-electron chi connectivity index (χ4n) is 2.34. The summed E-state index contributed by atoms with van der Waals surface area (Å²) >= 11 is 0. The highest BCUT2D eigenvalue weighted by molar-refractivity contribution is 6.25. The molecule has 3 rings (SSSR count). The summed E-state index contributed by atoms with van der Waals surface area (Å²) in [5, 5.41) is 11.5. The van der Waals surface area contributed by atoms with E-state index in [4.69, 9.17) is 0 Å². The second-order valence-corrected chi connectivity index (χ2v) is 4.37. The molecule has 2 amide bonds. The van der Waals surface area contributed by atoms with Gasteiger partial charge in [-0.05, 0) is 17.7 Å². The number of fused-ring (bicyclic) bond motifs is 1. The molecule has 0 radical (unpaired) electrons. The van der Waals surface area contributed by atoms with Crippen molar-refractivity contribution in [3.05, 3.63) is 59.2 Å². The Balaban J connectivity index is 2.39. The van der Waals surface area contributed by atoms with Gasteiger partial charge in [0.15, 0.2) is 0 Å². The lowest BCUT2D eigenvalue weighted by Gasteiger charge is -2.10. The van der Waals surface area contributed by atoms with Crippen LogP contribution in [0.1, 0.15) is 31.1 Å². The summed E-state index contributed by atoms with van der Waals surface area (Å²) in [5.41, 5.74) is 1.20. The summed E-state index contributed by atoms with van der Waals surface area (Å²) < 4.78 is 0. The maximum atomic E-state index is 11.9. The molecule has 0 aromatic heterocycles. The van der Waals surface area contributed by atoms with E-state index in [1.165, 1.54) is 12.1 Å². The highest BCUT2D eigenvalue weighted by atomic mass is 16.4. The van der Waals surface area contributed by atoms with E-state index in [1.54, 1.807) is 30.3 Å². The second-order valence-electron chi connectivity index (χ2n) is 4.37. The fourth-order valence-corrected chi connectivity index (χ4v) is 2.34. The van der Waals surface area contributed by atoms with E-state index in [0.29, 0.717) is 5.56 Å². The highest BCUT2D eigenvalue weighted by Crippen LogP contribution is 2.32. The molecule has 2 aromatic carbocycles. The van der Waals surface area contributed by atoms with Gasteiger partial charge in [0.25, 0.3) is 11.8 Å². The van der Waals surface area contributed by atoms with Crippen molar-refractivity contribution in [3.8, 4) is 11.1 Å². The molecule has 0 aliphatic carbocycles. The minimum absolute atomic E-state index is 0.000185. The average molecular weight is 267 g/mol. The number of hydrogen-bond acceptors (Lipinski definition) is 3. The number of rotatable bonds is 2. The van der Waals surface area contributed by atoms with Gasteiger partial charge < -0.3 is 5.11 Å². The number of benzene rings is 2. The SMILES string of the molecule is O=C1NC(=O)c2c1ccc(C(=O)O)c2-c1ccccc1. The van der Waals surface area contributed by atoms with Gasteiger partial charge in [-0.15, -0.1) is 0 Å². The van der Waals surface area contributed by atoms with E-state index < -0.39 is 17.8 Å². The first-order valence-electron chi connectivity index (χ1n) is 5.91. The summed E-state index contributed by atoms with van der Waals surface area (Å²) in [7, 11) is 0. The Hall–Kier alpha value is -2.95. The van der Waals surface area contributed by atoms with Crippen molar-refractivity contribution < 1.29 is 19.5 Å². The van der Waals surface area contributed by atoms with Crippen molar-refractivity contribution >= 4 is 17.8 Å². The Morgan fingerprint density at radius 2 is 1.60 bits per heavy atom. The van der Waals surface area contributed by atoms with E-state index >= 15 is 0 Å². The summed E-state index contributed by atoms with van der Waals surface area (Å²) in [6.07, 6.45) is 0. The third-order valence-corrected chi connectivity index (χ3v) is 3.20. The molecule has 0 unspecified atom stereocenters. The molecule has 20 heavy (non-hydrogen) atoms. The molecule has 0 spiro atoms. The van der Waals surface area contributed by atoms with Crippen LogP contribution < -0.4 is 5.32 Å². The van der Waals surface area contributed by atoms with Crippen LogP contribution in [0.5, 0.6) is 0 Å². The van der Waals surface area contributed by atoms with Gasteiger partial charge in [0.05, 0.1) is 16.7 Å². The third-order valence-electron chi connectivity index (χ3n) is 3.20. The molecule has 2 N–H and O–H groups in total. The van der Waals surface area contributed by atoms with Crippen LogP contribution in [0.2, 0.25) is 0 Å². The smallest absolute Gasteiger partial charge is 0.336 e. The van der Waals surface area contributed by atoms with Crippen LogP contribution in [0.25, 0.3) is 11.1 Å². The first kappa shape index (κ1) is 12.1. The van der Waals surface area contributed by atoms with Crippen molar-refractivity contribution in [2.45, 2.75) is 0 Å². The topological polar surface area (TPSA) is 83.5 Å². The molecule has 2 aromatic rings. The number of carboxylic acid groups (broad SMARTS) is 1. The Morgan fingerprint density at radius 3 is 2.25 bits per heavy atom. The van der Waals surface area contributed by atoms with Crippen molar-refractivity contribution in [2.75, 3.05) is 0 Å². The van der Waals surface area contributed by atoms with Gasteiger partial charge in [-0.1, -0.05) is 30.3 Å². The molecule has 1 heterocycles. The van der Waals surface area contributed by atoms with Gasteiger partial charge in [0.1, 0.15) is 0 Å². The third kappa shape index (κ3) is 1.68. The molecule has 5 heteroatoms. The first-order chi connectivity index (χ1) is 9.59. The molecule has 0 saturated heterocycles. The quantitative estimate of drug-likeness (QED) is 0.814. The van der Waals surface area contributed by atoms with Crippen LogP contribution in [0.4, 0.5) is 0 Å². The van der Waals surface area contributed by atoms with Crippen LogP contribution in [-0.2, 0) is 0 Å². The molecule has 0 bridgehead atoms. The molecule has 0 fully saturated rings. The van der Waals surface area contributed by atoms with Crippen molar-refractivity contribution in [1.29, 1.82) is 0 Å². The van der Waals surface area contributed by atoms with Crippen molar-refractivity contribution in [3.63, 3.8) is 0 Å². The van der Waals surface area contributed by atoms with E-state index in [0.717, 1.165) is 0 Å². The zero-order chi connectivity index (χ0) is 14.3. The number of nitrogens with one attached hydrogen (secondary N) is 1. The Labute approximate surface area is 113 Å². The largest absolute Gasteiger partial charge is 0.478 e. The van der Waals surface area contributed by atoms with Crippen molar-refractivity contribution in [2.24, 2.45) is 0 Å². The fraction of sp³-hybridized carbons (Fsp3) is 0. The predicted octanol–water partition coefficient (Wildman–Crippen LogP) is 1.94. The Kier molecular flexibility index (Phi) is 2.61. The number of carbonyl (C=O) groups is 3. The van der Waals surface area contributed by atoms with Crippen LogP contribution in [0, 0.1) is 0 Å². The zero-order valence-corrected chi connectivity index (χ0v) is 10.2. The summed E-state index contributed by atoms with van der Waals surface area (Å²) in [6.45, 7) is 0. The molecule has 0 saturated carbocycles. The maximum Gasteiger partial charge on any atom is 0.336 e. The van der Waals surface area contributed by atoms with Gasteiger partial charge in [-0.2, -0.15) is 0 Å². The van der Waals surface area contributed by atoms with Crippen LogP contribution in [0.3, 0.4) is 0 Å². The molecular formula is C15H9NO4. The minimum Gasteiger partial charge on any atom is -0.478 e. The summed E-state index contributed by atoms with van der Waals surface area (Å²) in [4.78, 5) is 34.9. The van der Waals surface area contributed by atoms with Gasteiger partial charge in [-0.25, -0.2) is 4.79 Å². The monoisotopic (exact) mass is 267 g/mol. The molecule has 1 aliphatic rings. The number of amides is 2. The lowest BCUT2D eigenvalue weighted by atomic mass is 9.91. The first-order valence-corrected chi connectivity index (χ1v) is 5.91. The van der Waals surface area contributed by atoms with E-state index in [-0.39, 0.29) is 22.3 Å². The molecule has 1 aliphatic heterocycles. The van der Waals surface area contributed by atoms with Crippen LogP contribution in [-0.4, -0.2) is 22.9 Å². The highest BCUT2D eigenvalue weighted by Gasteiger charge is 2.32. The minimum atomic E-state index is -1.14. The standard InChI is InChI=1S/C15H9NO4/c17-13-9-6-7-10(15(19)20)11(12(9)14(18)16-13)8-4-2-1-3-5-8/h1-7H,(H,19,20)(H,16,17,18). The summed E-state index contributed by atoms with van der Waals surface area (Å²) in [5.74, 6) is -2.20. The van der Waals surface area contributed by atoms with Gasteiger partial charge in [-0.3, -0.25) is 14.9 Å². The normalized spacial score (nSPS) is 13.0. The molecule has 0 atom stereocenters. The number of hydrogen-bond donors (Lipinski definition) is 2. The van der Waals surface area contributed by atoms with Crippen LogP contribution >= 0.6 is 0 Å². The Bertz CT molecular complexity index is 750. The predicted molar refractivity (Wildman–Crippen MR) is 70.6 cm³/mol. The molecule has 98 valence electrons. The number of carbonyl (C=O) groups excluding carboxylic acids is 2. The molecular weight excluding hydrogens is 258 g/mol. The lowest BCUT2D eigenvalue weighted by Crippen LogP contribution is -2.20. The van der Waals surface area contributed by atoms with Gasteiger partial charge in [0, 0.05) is 5.56 Å². The van der Waals surface area contributed by atoms with Gasteiger partial charge >= 0.3 is 5.97 Å². The van der Waals surface area contributed by atoms with Crippen molar-refractivity contribution in [1.82, 2.24) is 5.32 Å². The number of carboxylic acids is 1. The lowest BCUT2D eigenvalue weighted by molar-refractivity contribution is 0.0697. The zero-order valence-electron chi connectivity index (χ0n) is 10.2. The van der Waals surface area contributed by atoms with E-state index in [9.17, 15) is 19.5 Å². The van der Waals surface area contributed by atoms with Gasteiger partial charge in [0.2, 0.25) is 0 Å². The second kappa shape index (κ2) is 4.31. The number of aromatic carboxylic acids is 1. The number of imide groups is 1. The average Bonchev–Trinajstić information content (AvgIpc) is 2.74. The maximum absolute atomic E-state index is 11.9. The van der Waals surface area contributed by atoms with E-state index in [1.807, 2.05) is 0 Å².